The second-order valence-electron chi connectivity index (χ2n) is 17.0. The Morgan fingerprint density at radius 3 is 1.27 bits per heavy atom. The molecule has 8 atom stereocenters. The van der Waals surface area contributed by atoms with Gasteiger partial charge in [-0.05, 0) is 38.5 Å². The lowest BCUT2D eigenvalue weighted by Crippen LogP contribution is -2.64. The minimum Gasteiger partial charge on any atom is -0.462 e. The van der Waals surface area contributed by atoms with Crippen LogP contribution in [-0.2, 0) is 32.7 Å². The van der Waals surface area contributed by atoms with Crippen molar-refractivity contribution in [3.63, 3.8) is 0 Å². The van der Waals surface area contributed by atoms with Gasteiger partial charge in [0.2, 0.25) is 0 Å². The van der Waals surface area contributed by atoms with Crippen LogP contribution in [0.5, 0.6) is 0 Å². The molecule has 0 saturated heterocycles. The van der Waals surface area contributed by atoms with Crippen LogP contribution in [0.25, 0.3) is 0 Å². The molecular formula is C46H87O13P. The quantitative estimate of drug-likeness (QED) is 0.0147. The number of hydrogen-bond acceptors (Lipinski definition) is 12. The predicted molar refractivity (Wildman–Crippen MR) is 235 cm³/mol. The monoisotopic (exact) mass is 879 g/mol. The van der Waals surface area contributed by atoms with Crippen LogP contribution in [0.15, 0.2) is 12.2 Å². The summed E-state index contributed by atoms with van der Waals surface area (Å²) in [7, 11) is -5.11. The second-order valence-corrected chi connectivity index (χ2v) is 18.4. The van der Waals surface area contributed by atoms with Crippen LogP contribution in [-0.4, -0.2) is 98.3 Å². The average Bonchev–Trinajstić information content (AvgIpc) is 3.23. The molecule has 0 spiro atoms. The van der Waals surface area contributed by atoms with Crippen molar-refractivity contribution in [3.8, 4) is 0 Å². The largest absolute Gasteiger partial charge is 0.472 e. The summed E-state index contributed by atoms with van der Waals surface area (Å²) in [4.78, 5) is 35.7. The smallest absolute Gasteiger partial charge is 0.462 e. The summed E-state index contributed by atoms with van der Waals surface area (Å²) >= 11 is 0. The van der Waals surface area contributed by atoms with Gasteiger partial charge < -0.3 is 39.9 Å². The molecule has 1 saturated carbocycles. The molecule has 14 heteroatoms. The van der Waals surface area contributed by atoms with Gasteiger partial charge in [0.25, 0.3) is 0 Å². The Balaban J connectivity index is 2.42. The molecule has 0 amide bonds. The number of rotatable bonds is 40. The number of ether oxygens (including phenoxy) is 2. The van der Waals surface area contributed by atoms with Crippen LogP contribution in [0.2, 0.25) is 0 Å². The number of esters is 2. The maximum Gasteiger partial charge on any atom is 0.472 e. The van der Waals surface area contributed by atoms with Crippen LogP contribution in [0.3, 0.4) is 0 Å². The lowest BCUT2D eigenvalue weighted by atomic mass is 9.85. The van der Waals surface area contributed by atoms with Gasteiger partial charge in [-0.2, -0.15) is 0 Å². The molecule has 0 aliphatic heterocycles. The SMILES string of the molecule is CCCCCCCC/C=C/CCCCCCCCCCCC(=O)O[C@H](COC(=O)CCCCCCCCCCCCCC)COP(=O)(O)OC1C(O)C(O)C(O)[C@H](O)C1O. The Morgan fingerprint density at radius 2 is 0.850 bits per heavy atom. The highest BCUT2D eigenvalue weighted by molar-refractivity contribution is 7.47. The molecule has 0 heterocycles. The van der Waals surface area contributed by atoms with Gasteiger partial charge in [-0.15, -0.1) is 0 Å². The minimum atomic E-state index is -5.11. The Kier molecular flexibility index (Phi) is 34.9. The van der Waals surface area contributed by atoms with Crippen LogP contribution < -0.4 is 0 Å². The van der Waals surface area contributed by atoms with Gasteiger partial charge in [-0.25, -0.2) is 4.57 Å². The lowest BCUT2D eigenvalue weighted by Gasteiger charge is -2.41. The molecule has 60 heavy (non-hydrogen) atoms. The van der Waals surface area contributed by atoms with Crippen molar-refractivity contribution < 1.29 is 63.1 Å². The molecule has 0 aromatic rings. The van der Waals surface area contributed by atoms with Crippen molar-refractivity contribution in [1.82, 2.24) is 0 Å². The van der Waals surface area contributed by atoms with E-state index in [0.29, 0.717) is 12.8 Å². The fraction of sp³-hybridized carbons (Fsp3) is 0.913. The van der Waals surface area contributed by atoms with Crippen molar-refractivity contribution in [2.45, 2.75) is 256 Å². The first-order valence-corrected chi connectivity index (χ1v) is 25.5. The third kappa shape index (κ3) is 29.0. The van der Waals surface area contributed by atoms with Gasteiger partial charge in [-0.1, -0.05) is 174 Å². The van der Waals surface area contributed by atoms with Crippen LogP contribution in [0.1, 0.15) is 213 Å². The Hall–Kier alpha value is -1.41. The van der Waals surface area contributed by atoms with Gasteiger partial charge in [0, 0.05) is 12.8 Å². The van der Waals surface area contributed by atoms with E-state index in [4.69, 9.17) is 18.5 Å². The maximum atomic E-state index is 12.8. The molecule has 1 aliphatic carbocycles. The highest BCUT2D eigenvalue weighted by atomic mass is 31.2. The molecule has 13 nitrogen and oxygen atoms in total. The summed E-state index contributed by atoms with van der Waals surface area (Å²) in [6.07, 6.45) is 25.5. The van der Waals surface area contributed by atoms with E-state index < -0.39 is 75.7 Å². The number of phosphoric ester groups is 1. The molecule has 354 valence electrons. The molecular weight excluding hydrogens is 791 g/mol. The summed E-state index contributed by atoms with van der Waals surface area (Å²) in [5, 5.41) is 50.1. The van der Waals surface area contributed by atoms with Crippen molar-refractivity contribution in [3.05, 3.63) is 12.2 Å². The first-order chi connectivity index (χ1) is 28.9. The molecule has 6 N–H and O–H groups in total. The zero-order valence-corrected chi connectivity index (χ0v) is 38.4. The third-order valence-corrected chi connectivity index (χ3v) is 12.3. The maximum absolute atomic E-state index is 12.8. The zero-order valence-electron chi connectivity index (χ0n) is 37.5. The summed E-state index contributed by atoms with van der Waals surface area (Å²) < 4.78 is 33.5. The van der Waals surface area contributed by atoms with E-state index in [1.165, 1.54) is 122 Å². The molecule has 1 fully saturated rings. The number of allylic oxidation sites excluding steroid dienone is 2. The number of aliphatic hydroxyl groups is 5. The zero-order chi connectivity index (χ0) is 44.3. The van der Waals surface area contributed by atoms with E-state index in [-0.39, 0.29) is 12.8 Å². The first kappa shape index (κ1) is 56.6. The van der Waals surface area contributed by atoms with Gasteiger partial charge in [0.15, 0.2) is 6.10 Å². The molecule has 1 aliphatic rings. The first-order valence-electron chi connectivity index (χ1n) is 24.0. The molecule has 0 aromatic heterocycles. The van der Waals surface area contributed by atoms with Gasteiger partial charge in [-0.3, -0.25) is 18.6 Å². The third-order valence-electron chi connectivity index (χ3n) is 11.4. The Labute approximate surface area is 363 Å². The summed E-state index contributed by atoms with van der Waals surface area (Å²) in [5.74, 6) is -1.09. The van der Waals surface area contributed by atoms with E-state index in [2.05, 4.69) is 26.0 Å². The molecule has 0 radical (unpaired) electrons. The summed E-state index contributed by atoms with van der Waals surface area (Å²) in [6.45, 7) is 3.30. The fourth-order valence-electron chi connectivity index (χ4n) is 7.46. The van der Waals surface area contributed by atoms with Gasteiger partial charge in [0.1, 0.15) is 43.2 Å². The molecule has 0 aromatic carbocycles. The summed E-state index contributed by atoms with van der Waals surface area (Å²) in [5.41, 5.74) is 0. The van der Waals surface area contributed by atoms with Crippen LogP contribution in [0.4, 0.5) is 0 Å². The molecule has 0 bridgehead atoms. The van der Waals surface area contributed by atoms with E-state index in [1.807, 2.05) is 0 Å². The van der Waals surface area contributed by atoms with Crippen molar-refractivity contribution >= 4 is 19.8 Å². The Morgan fingerprint density at radius 1 is 0.500 bits per heavy atom. The lowest BCUT2D eigenvalue weighted by molar-refractivity contribution is -0.220. The standard InChI is InChI=1S/C46H87O13P/c1-3-5-7-9-11-13-15-17-18-19-20-21-22-23-25-27-29-31-33-35-40(48)58-38(36-56-39(47)34-32-30-28-26-24-16-14-12-10-8-6-4-2)37-57-60(54,55)59-46-44(52)42(50)41(49)43(51)45(46)53/h17-18,38,41-46,49-53H,3-16,19-37H2,1-2H3,(H,54,55)/b18-17+/t38-,41?,42+,43?,44?,45?,46?/m1/s1. The average molecular weight is 879 g/mol. The number of carbonyl (C=O) groups is 2. The van der Waals surface area contributed by atoms with E-state index >= 15 is 0 Å². The van der Waals surface area contributed by atoms with Crippen molar-refractivity contribution in [2.75, 3.05) is 13.2 Å². The predicted octanol–water partition coefficient (Wildman–Crippen LogP) is 9.45. The highest BCUT2D eigenvalue weighted by Gasteiger charge is 2.51. The normalized spacial score (nSPS) is 22.2. The van der Waals surface area contributed by atoms with Crippen LogP contribution >= 0.6 is 7.82 Å². The number of carbonyl (C=O) groups excluding carboxylic acids is 2. The van der Waals surface area contributed by atoms with E-state index in [1.54, 1.807) is 0 Å². The number of aliphatic hydroxyl groups excluding tert-OH is 5. The Bertz CT molecular complexity index is 1110. The number of phosphoric acid groups is 1. The van der Waals surface area contributed by atoms with Crippen molar-refractivity contribution in [1.29, 1.82) is 0 Å². The highest BCUT2D eigenvalue weighted by Crippen LogP contribution is 2.47. The number of unbranched alkanes of at least 4 members (excludes halogenated alkanes) is 26. The van der Waals surface area contributed by atoms with E-state index in [0.717, 1.165) is 51.4 Å². The number of hydrogen-bond donors (Lipinski definition) is 6. The van der Waals surface area contributed by atoms with E-state index in [9.17, 15) is 44.6 Å². The second kappa shape index (κ2) is 37.0. The molecule has 6 unspecified atom stereocenters. The van der Waals surface area contributed by atoms with Gasteiger partial charge >= 0.3 is 19.8 Å². The van der Waals surface area contributed by atoms with Crippen molar-refractivity contribution in [2.24, 2.45) is 0 Å². The fourth-order valence-corrected chi connectivity index (χ4v) is 8.43. The van der Waals surface area contributed by atoms with Gasteiger partial charge in [0.05, 0.1) is 6.61 Å². The molecule has 1 rings (SSSR count). The topological polar surface area (TPSA) is 210 Å². The minimum absolute atomic E-state index is 0.0987. The van der Waals surface area contributed by atoms with Crippen LogP contribution in [0, 0.1) is 0 Å². The summed E-state index contributed by atoms with van der Waals surface area (Å²) in [6, 6.07) is 0.